The molecule has 0 bridgehead atoms. The second kappa shape index (κ2) is 8.29. The Morgan fingerprint density at radius 3 is 2.76 bits per heavy atom. The SMILES string of the molecule is CC(Nc1nc(-c2cnc3ccccn23)nc2c1ncn2C1CCCCO1)c1ccccc1. The van der Waals surface area contributed by atoms with Crippen LogP contribution in [0.15, 0.2) is 67.3 Å². The molecule has 5 heterocycles. The van der Waals surface area contributed by atoms with Gasteiger partial charge in [-0.3, -0.25) is 8.97 Å². The molecule has 1 aliphatic heterocycles. The zero-order valence-electron chi connectivity index (χ0n) is 18.4. The summed E-state index contributed by atoms with van der Waals surface area (Å²) in [6.07, 6.45) is 8.73. The van der Waals surface area contributed by atoms with Crippen LogP contribution in [0.25, 0.3) is 28.3 Å². The van der Waals surface area contributed by atoms with Gasteiger partial charge in [0.2, 0.25) is 0 Å². The molecule has 1 fully saturated rings. The van der Waals surface area contributed by atoms with E-state index in [1.807, 2.05) is 64.1 Å². The number of nitrogens with one attached hydrogen (secondary N) is 1. The van der Waals surface area contributed by atoms with Crippen molar-refractivity contribution in [2.24, 2.45) is 0 Å². The molecule has 0 amide bonds. The van der Waals surface area contributed by atoms with Crippen LogP contribution in [0.5, 0.6) is 0 Å². The Labute approximate surface area is 191 Å². The van der Waals surface area contributed by atoms with Gasteiger partial charge in [-0.2, -0.15) is 0 Å². The average molecular weight is 440 g/mol. The smallest absolute Gasteiger partial charge is 0.182 e. The first kappa shape index (κ1) is 19.9. The van der Waals surface area contributed by atoms with Crippen LogP contribution in [0.1, 0.15) is 44.0 Å². The van der Waals surface area contributed by atoms with Crippen LogP contribution >= 0.6 is 0 Å². The van der Waals surface area contributed by atoms with Crippen LogP contribution in [0.3, 0.4) is 0 Å². The monoisotopic (exact) mass is 439 g/mol. The predicted octanol–water partition coefficient (Wildman–Crippen LogP) is 5.01. The summed E-state index contributed by atoms with van der Waals surface area (Å²) in [5.41, 5.74) is 4.37. The molecule has 33 heavy (non-hydrogen) atoms. The van der Waals surface area contributed by atoms with Crippen molar-refractivity contribution in [3.05, 3.63) is 72.8 Å². The minimum atomic E-state index is -0.0620. The molecule has 8 heteroatoms. The average Bonchev–Trinajstić information content (AvgIpc) is 3.50. The van der Waals surface area contributed by atoms with Gasteiger partial charge < -0.3 is 10.1 Å². The number of fused-ring (bicyclic) bond motifs is 2. The van der Waals surface area contributed by atoms with E-state index in [1.54, 1.807) is 0 Å². The summed E-state index contributed by atoms with van der Waals surface area (Å²) >= 11 is 0. The molecule has 0 spiro atoms. The molecule has 166 valence electrons. The minimum absolute atomic E-state index is 0.0513. The summed E-state index contributed by atoms with van der Waals surface area (Å²) in [7, 11) is 0. The van der Waals surface area contributed by atoms with E-state index >= 15 is 0 Å². The maximum atomic E-state index is 6.05. The molecule has 1 aliphatic rings. The van der Waals surface area contributed by atoms with Crippen molar-refractivity contribution >= 4 is 22.6 Å². The Balaban J connectivity index is 1.50. The first-order valence-electron chi connectivity index (χ1n) is 11.4. The van der Waals surface area contributed by atoms with Crippen LogP contribution < -0.4 is 5.32 Å². The van der Waals surface area contributed by atoms with Crippen molar-refractivity contribution < 1.29 is 4.74 Å². The molecule has 6 rings (SSSR count). The highest BCUT2D eigenvalue weighted by atomic mass is 16.5. The first-order valence-corrected chi connectivity index (χ1v) is 11.4. The Morgan fingerprint density at radius 2 is 1.91 bits per heavy atom. The number of nitrogens with zero attached hydrogens (tertiary/aromatic N) is 6. The lowest BCUT2D eigenvalue weighted by Crippen LogP contribution is -2.18. The molecule has 0 saturated carbocycles. The van der Waals surface area contributed by atoms with Gasteiger partial charge in [0.25, 0.3) is 0 Å². The summed E-state index contributed by atoms with van der Waals surface area (Å²) in [4.78, 5) is 19.1. The van der Waals surface area contributed by atoms with E-state index in [0.717, 1.165) is 48.4 Å². The topological polar surface area (TPSA) is 82.2 Å². The van der Waals surface area contributed by atoms with Crippen molar-refractivity contribution in [1.29, 1.82) is 0 Å². The van der Waals surface area contributed by atoms with Gasteiger partial charge in [-0.25, -0.2) is 19.9 Å². The van der Waals surface area contributed by atoms with Crippen LogP contribution in [0.4, 0.5) is 5.82 Å². The molecular formula is C25H25N7O. The summed E-state index contributed by atoms with van der Waals surface area (Å²) in [6.45, 7) is 2.88. The molecule has 1 aromatic carbocycles. The van der Waals surface area contributed by atoms with E-state index in [0.29, 0.717) is 11.6 Å². The summed E-state index contributed by atoms with van der Waals surface area (Å²) in [5, 5.41) is 3.57. The highest BCUT2D eigenvalue weighted by Crippen LogP contribution is 2.31. The number of rotatable bonds is 5. The van der Waals surface area contributed by atoms with Gasteiger partial charge in [0.15, 0.2) is 22.8 Å². The molecule has 1 N–H and O–H groups in total. The minimum Gasteiger partial charge on any atom is -0.362 e. The van der Waals surface area contributed by atoms with Gasteiger partial charge in [-0.05, 0) is 43.9 Å². The zero-order chi connectivity index (χ0) is 22.2. The maximum Gasteiger partial charge on any atom is 0.182 e. The third-order valence-electron chi connectivity index (χ3n) is 6.19. The Morgan fingerprint density at radius 1 is 1.03 bits per heavy atom. The van der Waals surface area contributed by atoms with Gasteiger partial charge in [-0.1, -0.05) is 36.4 Å². The third kappa shape index (κ3) is 3.62. The lowest BCUT2D eigenvalue weighted by atomic mass is 10.1. The Kier molecular flexibility index (Phi) is 4.99. The highest BCUT2D eigenvalue weighted by Gasteiger charge is 2.23. The summed E-state index contributed by atoms with van der Waals surface area (Å²) in [5.74, 6) is 1.30. The summed E-state index contributed by atoms with van der Waals surface area (Å²) < 4.78 is 10.1. The predicted molar refractivity (Wildman–Crippen MR) is 127 cm³/mol. The van der Waals surface area contributed by atoms with Crippen molar-refractivity contribution in [2.75, 3.05) is 11.9 Å². The molecule has 2 atom stereocenters. The van der Waals surface area contributed by atoms with E-state index in [-0.39, 0.29) is 12.3 Å². The number of hydrogen-bond donors (Lipinski definition) is 1. The lowest BCUT2D eigenvalue weighted by Gasteiger charge is -2.24. The van der Waals surface area contributed by atoms with Crippen LogP contribution in [-0.4, -0.2) is 35.5 Å². The fourth-order valence-corrected chi connectivity index (χ4v) is 4.41. The summed E-state index contributed by atoms with van der Waals surface area (Å²) in [6, 6.07) is 16.3. The highest BCUT2D eigenvalue weighted by molar-refractivity contribution is 5.85. The number of hydrogen-bond acceptors (Lipinski definition) is 6. The maximum absolute atomic E-state index is 6.05. The van der Waals surface area contributed by atoms with Crippen LogP contribution in [0, 0.1) is 0 Å². The van der Waals surface area contributed by atoms with Gasteiger partial charge in [0.05, 0.1) is 18.6 Å². The largest absolute Gasteiger partial charge is 0.362 e. The molecule has 4 aromatic heterocycles. The normalized spacial score (nSPS) is 17.4. The first-order chi connectivity index (χ1) is 16.3. The number of imidazole rings is 2. The van der Waals surface area contributed by atoms with Crippen molar-refractivity contribution in [1.82, 2.24) is 28.9 Å². The van der Waals surface area contributed by atoms with E-state index < -0.39 is 0 Å². The molecule has 1 saturated heterocycles. The Bertz CT molecular complexity index is 1400. The number of ether oxygens (including phenoxy) is 1. The molecule has 5 aromatic rings. The Hall–Kier alpha value is -3.78. The van der Waals surface area contributed by atoms with E-state index in [9.17, 15) is 0 Å². The van der Waals surface area contributed by atoms with Gasteiger partial charge in [0, 0.05) is 12.8 Å². The van der Waals surface area contributed by atoms with Crippen LogP contribution in [0.2, 0.25) is 0 Å². The number of aromatic nitrogens is 6. The molecule has 8 nitrogen and oxygen atoms in total. The number of benzene rings is 1. The van der Waals surface area contributed by atoms with Gasteiger partial charge in [0.1, 0.15) is 17.6 Å². The van der Waals surface area contributed by atoms with Crippen molar-refractivity contribution in [3.8, 4) is 11.5 Å². The van der Waals surface area contributed by atoms with Gasteiger partial charge >= 0.3 is 0 Å². The second-order valence-electron chi connectivity index (χ2n) is 8.39. The number of pyridine rings is 1. The standard InChI is InChI=1S/C25H25N7O/c1-17(18-9-3-2-4-10-18)28-24-22-25(32(16-27-22)21-12-6-8-14-33-21)30-23(29-24)19-15-26-20-11-5-7-13-31(19)20/h2-5,7,9-11,13,15-17,21H,6,8,12,14H2,1H3,(H,28,29,30). The van der Waals surface area contributed by atoms with E-state index in [1.165, 1.54) is 5.56 Å². The van der Waals surface area contributed by atoms with Crippen LogP contribution in [-0.2, 0) is 4.74 Å². The lowest BCUT2D eigenvalue weighted by molar-refractivity contribution is -0.0298. The number of anilines is 1. The van der Waals surface area contributed by atoms with E-state index in [2.05, 4.69) is 29.4 Å². The second-order valence-corrected chi connectivity index (χ2v) is 8.39. The van der Waals surface area contributed by atoms with Crippen molar-refractivity contribution in [2.45, 2.75) is 38.5 Å². The molecular weight excluding hydrogens is 414 g/mol. The van der Waals surface area contributed by atoms with E-state index in [4.69, 9.17) is 19.7 Å². The molecule has 0 radical (unpaired) electrons. The quantitative estimate of drug-likeness (QED) is 0.414. The molecule has 2 unspecified atom stereocenters. The fourth-order valence-electron chi connectivity index (χ4n) is 4.41. The third-order valence-corrected chi connectivity index (χ3v) is 6.19. The van der Waals surface area contributed by atoms with Crippen molar-refractivity contribution in [3.63, 3.8) is 0 Å². The fraction of sp³-hybridized carbons (Fsp3) is 0.280. The zero-order valence-corrected chi connectivity index (χ0v) is 18.4. The van der Waals surface area contributed by atoms with Gasteiger partial charge in [-0.15, -0.1) is 0 Å². The molecule has 0 aliphatic carbocycles.